The first kappa shape index (κ1) is 21.2. The Morgan fingerprint density at radius 2 is 2.00 bits per heavy atom. The third kappa shape index (κ3) is 5.01. The molecule has 31 heavy (non-hydrogen) atoms. The molecule has 1 aliphatic rings. The van der Waals surface area contributed by atoms with E-state index in [4.69, 9.17) is 0 Å². The fraction of sp³-hybridized carbons (Fsp3) is 0.429. The van der Waals surface area contributed by atoms with Crippen molar-refractivity contribution in [2.75, 3.05) is 19.6 Å². The Morgan fingerprint density at radius 1 is 1.23 bits per heavy atom. The van der Waals surface area contributed by atoms with Crippen LogP contribution in [-0.2, 0) is 17.5 Å². The number of amides is 1. The summed E-state index contributed by atoms with van der Waals surface area (Å²) in [6.07, 6.45) is -0.914. The van der Waals surface area contributed by atoms with E-state index in [1.807, 2.05) is 12.1 Å². The number of carbonyl (C=O) groups is 1. The molecule has 2 aromatic heterocycles. The Labute approximate surface area is 177 Å². The van der Waals surface area contributed by atoms with E-state index in [9.17, 15) is 18.0 Å². The largest absolute Gasteiger partial charge is 0.453 e. The highest BCUT2D eigenvalue weighted by molar-refractivity contribution is 5.78. The average molecular weight is 432 g/mol. The molecule has 1 N–H and O–H groups in total. The molecular formula is C21H23F3N6O. The average Bonchev–Trinajstić information content (AvgIpc) is 3.18. The predicted molar refractivity (Wildman–Crippen MR) is 108 cm³/mol. The van der Waals surface area contributed by atoms with E-state index in [1.165, 1.54) is 12.6 Å². The zero-order valence-corrected chi connectivity index (χ0v) is 17.1. The molecule has 10 heteroatoms. The fourth-order valence-electron chi connectivity index (χ4n) is 3.82. The van der Waals surface area contributed by atoms with Crippen LogP contribution in [0.15, 0.2) is 36.5 Å². The van der Waals surface area contributed by atoms with Gasteiger partial charge in [-0.15, -0.1) is 5.10 Å². The lowest BCUT2D eigenvalue weighted by Crippen LogP contribution is -2.41. The lowest BCUT2D eigenvalue weighted by Gasteiger charge is -2.30. The molecule has 3 heterocycles. The number of halogens is 3. The number of hydrogen-bond donors (Lipinski definition) is 1. The lowest BCUT2D eigenvalue weighted by molar-refractivity contribution is -0.144. The maximum atomic E-state index is 12.9. The van der Waals surface area contributed by atoms with Crippen molar-refractivity contribution in [2.24, 2.45) is 5.92 Å². The minimum Gasteiger partial charge on any atom is -0.351 e. The fourth-order valence-corrected chi connectivity index (χ4v) is 3.82. The zero-order chi connectivity index (χ0) is 22.0. The highest BCUT2D eigenvalue weighted by atomic mass is 19.4. The van der Waals surface area contributed by atoms with Crippen molar-refractivity contribution >= 4 is 11.7 Å². The van der Waals surface area contributed by atoms with E-state index >= 15 is 0 Å². The van der Waals surface area contributed by atoms with Gasteiger partial charge >= 0.3 is 6.18 Å². The quantitative estimate of drug-likeness (QED) is 0.670. The normalized spacial score (nSPS) is 17.7. The summed E-state index contributed by atoms with van der Waals surface area (Å²) in [6, 6.07) is 8.78. The minimum atomic E-state index is -4.64. The van der Waals surface area contributed by atoms with E-state index in [-0.39, 0.29) is 11.7 Å². The number of nitrogens with zero attached hydrogens (tertiary/aromatic N) is 5. The van der Waals surface area contributed by atoms with E-state index < -0.39 is 12.0 Å². The lowest BCUT2D eigenvalue weighted by atomic mass is 10.0. The van der Waals surface area contributed by atoms with Crippen LogP contribution in [-0.4, -0.2) is 50.0 Å². The van der Waals surface area contributed by atoms with Crippen molar-refractivity contribution < 1.29 is 18.0 Å². The van der Waals surface area contributed by atoms with Crippen molar-refractivity contribution in [3.8, 4) is 11.3 Å². The summed E-state index contributed by atoms with van der Waals surface area (Å²) in [5.41, 5.74) is 2.01. The summed E-state index contributed by atoms with van der Waals surface area (Å²) in [7, 11) is 0. The van der Waals surface area contributed by atoms with E-state index in [2.05, 4.69) is 32.2 Å². The summed E-state index contributed by atoms with van der Waals surface area (Å²) in [6.45, 7) is 4.87. The standard InChI is InChI=1S/C21H23F3N6O/c1-14-3-2-10-29(12-14)13-18(31)26-11-15-4-6-16(7-5-15)17-8-9-25-20-27-19(21(22,23)24)28-30(17)20/h4-9,14H,2-3,10-13H2,1H3,(H,26,31)/t14-/m0/s1. The van der Waals surface area contributed by atoms with Crippen molar-refractivity contribution in [1.82, 2.24) is 29.8 Å². The summed E-state index contributed by atoms with van der Waals surface area (Å²) >= 11 is 0. The highest BCUT2D eigenvalue weighted by Gasteiger charge is 2.36. The number of hydrogen-bond acceptors (Lipinski definition) is 5. The number of carbonyl (C=O) groups excluding carboxylic acids is 1. The van der Waals surface area contributed by atoms with Crippen LogP contribution in [0.5, 0.6) is 0 Å². The molecule has 1 fully saturated rings. The van der Waals surface area contributed by atoms with Gasteiger partial charge in [0, 0.05) is 24.8 Å². The Kier molecular flexibility index (Phi) is 5.90. The summed E-state index contributed by atoms with van der Waals surface area (Å²) in [4.78, 5) is 21.7. The van der Waals surface area contributed by atoms with Gasteiger partial charge in [0.2, 0.25) is 5.91 Å². The Morgan fingerprint density at radius 3 is 2.71 bits per heavy atom. The molecule has 1 aliphatic heterocycles. The molecule has 0 saturated carbocycles. The third-order valence-electron chi connectivity index (χ3n) is 5.34. The first-order valence-electron chi connectivity index (χ1n) is 10.2. The van der Waals surface area contributed by atoms with Crippen LogP contribution in [0.25, 0.3) is 17.0 Å². The zero-order valence-electron chi connectivity index (χ0n) is 17.1. The van der Waals surface area contributed by atoms with Gasteiger partial charge in [0.1, 0.15) is 0 Å². The minimum absolute atomic E-state index is 0.0173. The number of likely N-dealkylation sites (tertiary alicyclic amines) is 1. The van der Waals surface area contributed by atoms with Gasteiger partial charge in [0.25, 0.3) is 11.6 Å². The van der Waals surface area contributed by atoms with Crippen LogP contribution in [0.1, 0.15) is 31.2 Å². The van der Waals surface area contributed by atoms with Gasteiger partial charge in [-0.3, -0.25) is 9.69 Å². The molecule has 1 saturated heterocycles. The van der Waals surface area contributed by atoms with E-state index in [1.54, 1.807) is 18.2 Å². The second kappa shape index (κ2) is 8.62. The van der Waals surface area contributed by atoms with Crippen molar-refractivity contribution in [3.05, 3.63) is 47.9 Å². The van der Waals surface area contributed by atoms with Gasteiger partial charge < -0.3 is 5.32 Å². The Hall–Kier alpha value is -3.01. The van der Waals surface area contributed by atoms with Crippen LogP contribution in [0, 0.1) is 5.92 Å². The monoisotopic (exact) mass is 432 g/mol. The molecule has 4 rings (SSSR count). The highest BCUT2D eigenvalue weighted by Crippen LogP contribution is 2.28. The second-order valence-electron chi connectivity index (χ2n) is 7.93. The van der Waals surface area contributed by atoms with Crippen LogP contribution < -0.4 is 5.32 Å². The van der Waals surface area contributed by atoms with Crippen molar-refractivity contribution in [2.45, 2.75) is 32.5 Å². The number of rotatable bonds is 5. The maximum absolute atomic E-state index is 12.9. The number of nitrogens with one attached hydrogen (secondary N) is 1. The summed E-state index contributed by atoms with van der Waals surface area (Å²) < 4.78 is 39.9. The third-order valence-corrected chi connectivity index (χ3v) is 5.34. The molecule has 3 aromatic rings. The van der Waals surface area contributed by atoms with Crippen molar-refractivity contribution in [3.63, 3.8) is 0 Å². The maximum Gasteiger partial charge on any atom is 0.453 e. The van der Waals surface area contributed by atoms with Crippen LogP contribution in [0.2, 0.25) is 0 Å². The van der Waals surface area contributed by atoms with Gasteiger partial charge in [-0.2, -0.15) is 22.7 Å². The predicted octanol–water partition coefficient (Wildman–Crippen LogP) is 3.16. The van der Waals surface area contributed by atoms with Gasteiger partial charge in [-0.05, 0) is 36.9 Å². The van der Waals surface area contributed by atoms with Crippen molar-refractivity contribution in [1.29, 1.82) is 0 Å². The number of fused-ring (bicyclic) bond motifs is 1. The molecule has 0 unspecified atom stereocenters. The molecule has 1 amide bonds. The first-order valence-corrected chi connectivity index (χ1v) is 10.2. The molecular weight excluding hydrogens is 409 g/mol. The smallest absolute Gasteiger partial charge is 0.351 e. The van der Waals surface area contributed by atoms with Gasteiger partial charge in [-0.25, -0.2) is 4.98 Å². The van der Waals surface area contributed by atoms with Gasteiger partial charge in [0.05, 0.1) is 12.2 Å². The molecule has 7 nitrogen and oxygen atoms in total. The Balaban J connectivity index is 1.41. The first-order chi connectivity index (χ1) is 14.8. The van der Waals surface area contributed by atoms with Gasteiger partial charge in [0.15, 0.2) is 0 Å². The summed E-state index contributed by atoms with van der Waals surface area (Å²) in [5, 5.41) is 6.49. The van der Waals surface area contributed by atoms with Crippen LogP contribution in [0.3, 0.4) is 0 Å². The molecule has 164 valence electrons. The van der Waals surface area contributed by atoms with Crippen LogP contribution in [0.4, 0.5) is 13.2 Å². The van der Waals surface area contributed by atoms with E-state index in [0.29, 0.717) is 30.3 Å². The second-order valence-corrected chi connectivity index (χ2v) is 7.93. The Bertz CT molecular complexity index is 1060. The number of piperidine rings is 1. The SMILES string of the molecule is C[C@H]1CCCN(CC(=O)NCc2ccc(-c3ccnc4nc(C(F)(F)F)nn34)cc2)C1. The topological polar surface area (TPSA) is 75.4 Å². The molecule has 0 aliphatic carbocycles. The molecule has 0 spiro atoms. The number of aromatic nitrogens is 4. The molecule has 1 aromatic carbocycles. The molecule has 1 atom stereocenters. The number of benzene rings is 1. The van der Waals surface area contributed by atoms with Crippen LogP contribution >= 0.6 is 0 Å². The van der Waals surface area contributed by atoms with E-state index in [0.717, 1.165) is 29.6 Å². The molecule has 0 bridgehead atoms. The van der Waals surface area contributed by atoms with Gasteiger partial charge in [-0.1, -0.05) is 31.2 Å². The molecule has 0 radical (unpaired) electrons. The summed E-state index contributed by atoms with van der Waals surface area (Å²) in [5.74, 6) is -0.745. The number of alkyl halides is 3.